The zero-order chi connectivity index (χ0) is 12.4. The molecule has 1 N–H and O–H groups in total. The van der Waals surface area contributed by atoms with E-state index in [0.717, 1.165) is 18.5 Å². The van der Waals surface area contributed by atoms with Gasteiger partial charge in [-0.15, -0.1) is 0 Å². The molecule has 1 heterocycles. The van der Waals surface area contributed by atoms with Gasteiger partial charge in [0, 0.05) is 19.1 Å². The van der Waals surface area contributed by atoms with Crippen molar-refractivity contribution in [2.45, 2.75) is 31.8 Å². The minimum atomic E-state index is -0.147. The van der Waals surface area contributed by atoms with Crippen LogP contribution in [-0.4, -0.2) is 30.6 Å². The lowest BCUT2D eigenvalue weighted by atomic mass is 10.1. The highest BCUT2D eigenvalue weighted by Crippen LogP contribution is 2.22. The van der Waals surface area contributed by atoms with Crippen LogP contribution >= 0.6 is 0 Å². The summed E-state index contributed by atoms with van der Waals surface area (Å²) in [5.74, 6) is 0.651. The Balaban J connectivity index is 1.44. The van der Waals surface area contributed by atoms with Crippen molar-refractivity contribution in [3.8, 4) is 0 Å². The van der Waals surface area contributed by atoms with Crippen LogP contribution in [0.1, 0.15) is 24.8 Å². The van der Waals surface area contributed by atoms with Gasteiger partial charge < -0.3 is 5.32 Å². The fourth-order valence-electron chi connectivity index (χ4n) is 2.69. The maximum Gasteiger partial charge on any atom is 0.123 e. The topological polar surface area (TPSA) is 15.3 Å². The van der Waals surface area contributed by atoms with Crippen LogP contribution < -0.4 is 5.32 Å². The van der Waals surface area contributed by atoms with Gasteiger partial charge in [0.2, 0.25) is 0 Å². The number of hydrogen-bond acceptors (Lipinski definition) is 2. The summed E-state index contributed by atoms with van der Waals surface area (Å²) in [7, 11) is 0. The third-order valence-corrected chi connectivity index (χ3v) is 3.96. The van der Waals surface area contributed by atoms with Crippen LogP contribution in [0.4, 0.5) is 4.39 Å². The van der Waals surface area contributed by atoms with Crippen LogP contribution in [0.3, 0.4) is 0 Å². The van der Waals surface area contributed by atoms with Crippen LogP contribution in [0.2, 0.25) is 0 Å². The maximum atomic E-state index is 12.8. The lowest BCUT2D eigenvalue weighted by Gasteiger charge is -2.16. The Morgan fingerprint density at radius 1 is 1.17 bits per heavy atom. The molecule has 0 bridgehead atoms. The van der Waals surface area contributed by atoms with Crippen molar-refractivity contribution in [2.24, 2.45) is 5.92 Å². The van der Waals surface area contributed by atoms with Gasteiger partial charge in [-0.05, 0) is 56.0 Å². The molecule has 1 aromatic carbocycles. The van der Waals surface area contributed by atoms with Gasteiger partial charge in [-0.25, -0.2) is 4.39 Å². The molecule has 2 aliphatic rings. The molecule has 1 saturated heterocycles. The van der Waals surface area contributed by atoms with Crippen molar-refractivity contribution >= 4 is 0 Å². The molecule has 98 valence electrons. The smallest absolute Gasteiger partial charge is 0.123 e. The summed E-state index contributed by atoms with van der Waals surface area (Å²) in [6.45, 7) is 4.48. The van der Waals surface area contributed by atoms with E-state index in [1.54, 1.807) is 12.1 Å². The SMILES string of the molecule is Fc1ccc(CN2CCC(CNC3CC3)C2)cc1. The van der Waals surface area contributed by atoms with E-state index in [1.165, 1.54) is 44.5 Å². The van der Waals surface area contributed by atoms with Gasteiger partial charge in [-0.2, -0.15) is 0 Å². The third kappa shape index (κ3) is 3.30. The predicted octanol–water partition coefficient (Wildman–Crippen LogP) is 2.40. The molecule has 1 unspecified atom stereocenters. The molecule has 3 rings (SSSR count). The second-order valence-electron chi connectivity index (χ2n) is 5.70. The number of nitrogens with one attached hydrogen (secondary N) is 1. The number of nitrogens with zero attached hydrogens (tertiary/aromatic N) is 1. The molecule has 2 nitrogen and oxygen atoms in total. The monoisotopic (exact) mass is 248 g/mol. The van der Waals surface area contributed by atoms with E-state index >= 15 is 0 Å². The largest absolute Gasteiger partial charge is 0.314 e. The second-order valence-corrected chi connectivity index (χ2v) is 5.70. The van der Waals surface area contributed by atoms with E-state index < -0.39 is 0 Å². The maximum absolute atomic E-state index is 12.8. The fourth-order valence-corrected chi connectivity index (χ4v) is 2.69. The highest BCUT2D eigenvalue weighted by atomic mass is 19.1. The lowest BCUT2D eigenvalue weighted by molar-refractivity contribution is 0.314. The summed E-state index contributed by atoms with van der Waals surface area (Å²) in [6.07, 6.45) is 4.03. The molecular formula is C15H21FN2. The zero-order valence-corrected chi connectivity index (χ0v) is 10.7. The molecule has 1 saturated carbocycles. The van der Waals surface area contributed by atoms with Crippen molar-refractivity contribution in [1.29, 1.82) is 0 Å². The molecule has 1 aliphatic heterocycles. The highest BCUT2D eigenvalue weighted by molar-refractivity contribution is 5.16. The van der Waals surface area contributed by atoms with E-state index in [1.807, 2.05) is 12.1 Å². The normalized spacial score (nSPS) is 24.6. The molecule has 0 amide bonds. The van der Waals surface area contributed by atoms with Crippen LogP contribution in [0.5, 0.6) is 0 Å². The Labute approximate surface area is 108 Å². The summed E-state index contributed by atoms with van der Waals surface area (Å²) in [6, 6.07) is 7.71. The van der Waals surface area contributed by atoms with Gasteiger partial charge in [0.15, 0.2) is 0 Å². The molecule has 0 spiro atoms. The number of rotatable bonds is 5. The van der Waals surface area contributed by atoms with E-state index in [-0.39, 0.29) is 5.82 Å². The van der Waals surface area contributed by atoms with Gasteiger partial charge in [-0.3, -0.25) is 4.90 Å². The number of likely N-dealkylation sites (tertiary alicyclic amines) is 1. The highest BCUT2D eigenvalue weighted by Gasteiger charge is 2.26. The predicted molar refractivity (Wildman–Crippen MR) is 70.8 cm³/mol. The Hall–Kier alpha value is -0.930. The first kappa shape index (κ1) is 12.1. The average molecular weight is 248 g/mol. The lowest BCUT2D eigenvalue weighted by Crippen LogP contribution is -2.27. The summed E-state index contributed by atoms with van der Waals surface area (Å²) < 4.78 is 12.8. The molecule has 18 heavy (non-hydrogen) atoms. The Bertz CT molecular complexity index is 386. The number of hydrogen-bond donors (Lipinski definition) is 1. The average Bonchev–Trinajstić information content (AvgIpc) is 3.10. The number of benzene rings is 1. The molecule has 0 aromatic heterocycles. The van der Waals surface area contributed by atoms with Crippen molar-refractivity contribution < 1.29 is 4.39 Å². The molecule has 2 fully saturated rings. The van der Waals surface area contributed by atoms with Crippen molar-refractivity contribution in [2.75, 3.05) is 19.6 Å². The van der Waals surface area contributed by atoms with E-state index in [9.17, 15) is 4.39 Å². The molecule has 1 atom stereocenters. The first-order chi connectivity index (χ1) is 8.79. The van der Waals surface area contributed by atoms with Crippen LogP contribution in [0.15, 0.2) is 24.3 Å². The second kappa shape index (κ2) is 5.37. The van der Waals surface area contributed by atoms with Gasteiger partial charge in [0.05, 0.1) is 0 Å². The summed E-state index contributed by atoms with van der Waals surface area (Å²) in [4.78, 5) is 2.48. The summed E-state index contributed by atoms with van der Waals surface area (Å²) >= 11 is 0. The van der Waals surface area contributed by atoms with Gasteiger partial charge >= 0.3 is 0 Å². The van der Waals surface area contributed by atoms with Crippen LogP contribution in [0, 0.1) is 11.7 Å². The zero-order valence-electron chi connectivity index (χ0n) is 10.7. The molecule has 0 radical (unpaired) electrons. The quantitative estimate of drug-likeness (QED) is 0.861. The Morgan fingerprint density at radius 3 is 2.67 bits per heavy atom. The van der Waals surface area contributed by atoms with Gasteiger partial charge in [0.1, 0.15) is 5.82 Å². The number of halogens is 1. The van der Waals surface area contributed by atoms with Crippen molar-refractivity contribution in [3.05, 3.63) is 35.6 Å². The van der Waals surface area contributed by atoms with Crippen molar-refractivity contribution in [1.82, 2.24) is 10.2 Å². The van der Waals surface area contributed by atoms with Crippen molar-refractivity contribution in [3.63, 3.8) is 0 Å². The van der Waals surface area contributed by atoms with Crippen LogP contribution in [0.25, 0.3) is 0 Å². The van der Waals surface area contributed by atoms with Gasteiger partial charge in [0.25, 0.3) is 0 Å². The van der Waals surface area contributed by atoms with Gasteiger partial charge in [-0.1, -0.05) is 12.1 Å². The minimum Gasteiger partial charge on any atom is -0.314 e. The Morgan fingerprint density at radius 2 is 1.94 bits per heavy atom. The molecule has 1 aliphatic carbocycles. The summed E-state index contributed by atoms with van der Waals surface area (Å²) in [5.41, 5.74) is 1.22. The summed E-state index contributed by atoms with van der Waals surface area (Å²) in [5, 5.41) is 3.61. The molecule has 3 heteroatoms. The van der Waals surface area contributed by atoms with Crippen LogP contribution in [-0.2, 0) is 6.54 Å². The van der Waals surface area contributed by atoms with E-state index in [2.05, 4.69) is 10.2 Å². The third-order valence-electron chi connectivity index (χ3n) is 3.96. The minimum absolute atomic E-state index is 0.147. The standard InChI is InChI=1S/C15H21FN2/c16-14-3-1-12(2-4-14)10-18-8-7-13(11-18)9-17-15-5-6-15/h1-4,13,15,17H,5-11H2. The Kier molecular flexibility index (Phi) is 3.62. The molecule has 1 aromatic rings. The molecular weight excluding hydrogens is 227 g/mol. The first-order valence-corrected chi connectivity index (χ1v) is 7.00. The fraction of sp³-hybridized carbons (Fsp3) is 0.600. The first-order valence-electron chi connectivity index (χ1n) is 7.00. The van der Waals surface area contributed by atoms with E-state index in [0.29, 0.717) is 0 Å². The van der Waals surface area contributed by atoms with E-state index in [4.69, 9.17) is 0 Å².